The summed E-state index contributed by atoms with van der Waals surface area (Å²) in [5.74, 6) is 0.0107. The average molecular weight is 340 g/mol. The van der Waals surface area contributed by atoms with Gasteiger partial charge in [-0.2, -0.15) is 5.26 Å². The second kappa shape index (κ2) is 6.61. The fourth-order valence-electron chi connectivity index (χ4n) is 1.97. The molecule has 0 fully saturated rings. The van der Waals surface area contributed by atoms with Gasteiger partial charge < -0.3 is 5.11 Å². The molecule has 0 aliphatic carbocycles. The molecule has 1 aromatic carbocycles. The van der Waals surface area contributed by atoms with E-state index in [1.807, 2.05) is 17.5 Å². The molecule has 2 aromatic heterocycles. The van der Waals surface area contributed by atoms with Gasteiger partial charge in [0, 0.05) is 23.3 Å². The van der Waals surface area contributed by atoms with Gasteiger partial charge in [-0.25, -0.2) is 4.98 Å². The molecule has 23 heavy (non-hydrogen) atoms. The molecule has 0 unspecified atom stereocenters. The smallest absolute Gasteiger partial charge is 0.134 e. The third-order valence-electron chi connectivity index (χ3n) is 3.11. The zero-order valence-corrected chi connectivity index (χ0v) is 13.3. The quantitative estimate of drug-likeness (QED) is 0.706. The van der Waals surface area contributed by atoms with Crippen LogP contribution < -0.4 is 0 Å². The predicted octanol–water partition coefficient (Wildman–Crippen LogP) is 4.63. The van der Waals surface area contributed by atoms with E-state index in [2.05, 4.69) is 16.0 Å². The van der Waals surface area contributed by atoms with Crippen molar-refractivity contribution < 1.29 is 5.11 Å². The van der Waals surface area contributed by atoms with Crippen molar-refractivity contribution in [3.05, 3.63) is 63.7 Å². The summed E-state index contributed by atoms with van der Waals surface area (Å²) in [5.41, 5.74) is 2.92. The summed E-state index contributed by atoms with van der Waals surface area (Å²) in [5, 5.41) is 21.6. The Bertz CT molecular complexity index is 913. The first-order chi connectivity index (χ1) is 11.2. The van der Waals surface area contributed by atoms with Crippen LogP contribution in [0.3, 0.4) is 0 Å². The van der Waals surface area contributed by atoms with Gasteiger partial charge in [-0.15, -0.1) is 11.3 Å². The molecular weight excluding hydrogens is 330 g/mol. The van der Waals surface area contributed by atoms with Crippen LogP contribution in [0, 0.1) is 11.3 Å². The second-order valence-corrected chi connectivity index (χ2v) is 5.92. The van der Waals surface area contributed by atoms with E-state index in [1.165, 1.54) is 17.4 Å². The first-order valence-electron chi connectivity index (χ1n) is 6.64. The first-order valence-corrected chi connectivity index (χ1v) is 7.90. The zero-order valence-electron chi connectivity index (χ0n) is 11.8. The van der Waals surface area contributed by atoms with Gasteiger partial charge in [0.25, 0.3) is 0 Å². The lowest BCUT2D eigenvalue weighted by Gasteiger charge is -1.99. The topological polar surface area (TPSA) is 69.8 Å². The van der Waals surface area contributed by atoms with Crippen molar-refractivity contribution in [2.75, 3.05) is 0 Å². The van der Waals surface area contributed by atoms with Crippen LogP contribution in [-0.4, -0.2) is 15.1 Å². The third-order valence-corrected chi connectivity index (χ3v) is 4.29. The molecule has 112 valence electrons. The maximum atomic E-state index is 9.45. The number of phenolic OH excluding ortho intramolecular Hbond substituents is 1. The SMILES string of the molecule is N#C/C(=C\c1ccc(O)c(Cl)c1)c1nc(-c2ccncc2)cs1. The number of thiazole rings is 1. The number of benzene rings is 1. The van der Waals surface area contributed by atoms with Crippen molar-refractivity contribution >= 4 is 34.6 Å². The van der Waals surface area contributed by atoms with Gasteiger partial charge in [-0.3, -0.25) is 4.98 Å². The van der Waals surface area contributed by atoms with Crippen molar-refractivity contribution in [3.8, 4) is 23.1 Å². The largest absolute Gasteiger partial charge is 0.506 e. The highest BCUT2D eigenvalue weighted by atomic mass is 35.5. The van der Waals surface area contributed by atoms with Crippen LogP contribution in [0.1, 0.15) is 10.6 Å². The Balaban J connectivity index is 1.96. The number of hydrogen-bond donors (Lipinski definition) is 1. The van der Waals surface area contributed by atoms with Gasteiger partial charge in [0.2, 0.25) is 0 Å². The van der Waals surface area contributed by atoms with E-state index in [-0.39, 0.29) is 10.8 Å². The molecule has 0 aliphatic rings. The number of halogens is 1. The van der Waals surface area contributed by atoms with Crippen LogP contribution in [0.5, 0.6) is 5.75 Å². The van der Waals surface area contributed by atoms with E-state index in [0.29, 0.717) is 10.6 Å². The first kappa shape index (κ1) is 15.2. The second-order valence-electron chi connectivity index (χ2n) is 4.65. The van der Waals surface area contributed by atoms with Crippen molar-refractivity contribution in [3.63, 3.8) is 0 Å². The summed E-state index contributed by atoms with van der Waals surface area (Å²) in [4.78, 5) is 8.48. The van der Waals surface area contributed by atoms with E-state index in [1.54, 1.807) is 30.6 Å². The monoisotopic (exact) mass is 339 g/mol. The van der Waals surface area contributed by atoms with Crippen molar-refractivity contribution in [2.24, 2.45) is 0 Å². The van der Waals surface area contributed by atoms with E-state index in [4.69, 9.17) is 11.6 Å². The maximum absolute atomic E-state index is 9.45. The molecule has 3 aromatic rings. The van der Waals surface area contributed by atoms with E-state index < -0.39 is 0 Å². The maximum Gasteiger partial charge on any atom is 0.134 e. The van der Waals surface area contributed by atoms with Crippen LogP contribution in [-0.2, 0) is 0 Å². The molecule has 4 nitrogen and oxygen atoms in total. The molecule has 0 atom stereocenters. The van der Waals surface area contributed by atoms with Gasteiger partial charge in [-0.05, 0) is 35.9 Å². The number of allylic oxidation sites excluding steroid dienone is 1. The molecule has 0 amide bonds. The van der Waals surface area contributed by atoms with Crippen LogP contribution >= 0.6 is 22.9 Å². The molecule has 0 spiro atoms. The van der Waals surface area contributed by atoms with Crippen LogP contribution in [0.15, 0.2) is 48.1 Å². The summed E-state index contributed by atoms with van der Waals surface area (Å²) in [7, 11) is 0. The molecular formula is C17H10ClN3OS. The minimum absolute atomic E-state index is 0.0107. The minimum Gasteiger partial charge on any atom is -0.506 e. The molecule has 0 saturated carbocycles. The van der Waals surface area contributed by atoms with Gasteiger partial charge >= 0.3 is 0 Å². The average Bonchev–Trinajstić information content (AvgIpc) is 3.06. The number of aromatic hydroxyl groups is 1. The van der Waals surface area contributed by atoms with Crippen LogP contribution in [0.2, 0.25) is 5.02 Å². The Morgan fingerprint density at radius 2 is 2.04 bits per heavy atom. The number of nitriles is 1. The van der Waals surface area contributed by atoms with Gasteiger partial charge in [-0.1, -0.05) is 17.7 Å². The molecule has 6 heteroatoms. The lowest BCUT2D eigenvalue weighted by molar-refractivity contribution is 0.475. The number of hydrogen-bond acceptors (Lipinski definition) is 5. The van der Waals surface area contributed by atoms with Gasteiger partial charge in [0.1, 0.15) is 16.8 Å². The number of phenols is 1. The summed E-state index contributed by atoms with van der Waals surface area (Å²) in [6.45, 7) is 0. The molecule has 3 rings (SSSR count). The fourth-order valence-corrected chi connectivity index (χ4v) is 2.96. The summed E-state index contributed by atoms with van der Waals surface area (Å²) in [6, 6.07) is 10.7. The highest BCUT2D eigenvalue weighted by molar-refractivity contribution is 7.11. The van der Waals surface area contributed by atoms with Crippen molar-refractivity contribution in [1.29, 1.82) is 5.26 Å². The number of pyridine rings is 1. The van der Waals surface area contributed by atoms with Crippen molar-refractivity contribution in [2.45, 2.75) is 0 Å². The number of aromatic nitrogens is 2. The lowest BCUT2D eigenvalue weighted by Crippen LogP contribution is -1.83. The van der Waals surface area contributed by atoms with Crippen LogP contribution in [0.25, 0.3) is 22.9 Å². The Labute approximate surface area is 142 Å². The fraction of sp³-hybridized carbons (Fsp3) is 0. The highest BCUT2D eigenvalue weighted by Gasteiger charge is 2.09. The Hall–Kier alpha value is -2.68. The molecule has 0 radical (unpaired) electrons. The standard InChI is InChI=1S/C17H10ClN3OS/c18-14-8-11(1-2-16(14)22)7-13(9-19)17-21-15(10-23-17)12-3-5-20-6-4-12/h1-8,10,22H/b13-7+. The third kappa shape index (κ3) is 3.39. The van der Waals surface area contributed by atoms with Gasteiger partial charge in [0.15, 0.2) is 0 Å². The Morgan fingerprint density at radius 1 is 1.26 bits per heavy atom. The van der Waals surface area contributed by atoms with E-state index in [0.717, 1.165) is 16.8 Å². The summed E-state index contributed by atoms with van der Waals surface area (Å²) < 4.78 is 0. The highest BCUT2D eigenvalue weighted by Crippen LogP contribution is 2.29. The summed E-state index contributed by atoms with van der Waals surface area (Å²) >= 11 is 7.29. The van der Waals surface area contributed by atoms with Gasteiger partial charge in [0.05, 0.1) is 16.3 Å². The molecule has 0 bridgehead atoms. The summed E-state index contributed by atoms with van der Waals surface area (Å²) in [6.07, 6.45) is 5.10. The molecule has 0 saturated heterocycles. The predicted molar refractivity (Wildman–Crippen MR) is 91.9 cm³/mol. The minimum atomic E-state index is 0.0107. The van der Waals surface area contributed by atoms with Crippen molar-refractivity contribution in [1.82, 2.24) is 9.97 Å². The molecule has 1 N–H and O–H groups in total. The van der Waals surface area contributed by atoms with Crippen LogP contribution in [0.4, 0.5) is 0 Å². The number of nitrogens with zero attached hydrogens (tertiary/aromatic N) is 3. The molecule has 2 heterocycles. The normalized spacial score (nSPS) is 11.2. The van der Waals surface area contributed by atoms with E-state index >= 15 is 0 Å². The zero-order chi connectivity index (χ0) is 16.2. The Morgan fingerprint density at radius 3 is 2.74 bits per heavy atom. The number of rotatable bonds is 3. The molecule has 0 aliphatic heterocycles. The van der Waals surface area contributed by atoms with E-state index in [9.17, 15) is 10.4 Å². The Kier molecular flexibility index (Phi) is 4.38. The lowest BCUT2D eigenvalue weighted by atomic mass is 10.1.